The Bertz CT molecular complexity index is 689. The highest BCUT2D eigenvalue weighted by atomic mass is 19.3. The number of nitrogens with zero attached hydrogens (tertiary/aromatic N) is 1. The molecule has 2 fully saturated rings. The van der Waals surface area contributed by atoms with Gasteiger partial charge in [-0.3, -0.25) is 9.59 Å². The summed E-state index contributed by atoms with van der Waals surface area (Å²) >= 11 is 0. The summed E-state index contributed by atoms with van der Waals surface area (Å²) < 4.78 is 42.2. The van der Waals surface area contributed by atoms with Crippen molar-refractivity contribution in [2.45, 2.75) is 43.6 Å². The zero-order valence-electron chi connectivity index (χ0n) is 12.8. The zero-order chi connectivity index (χ0) is 17.5. The van der Waals surface area contributed by atoms with E-state index < -0.39 is 23.2 Å². The van der Waals surface area contributed by atoms with E-state index in [0.29, 0.717) is 25.8 Å². The molecule has 0 unspecified atom stereocenters. The molecule has 130 valence electrons. The van der Waals surface area contributed by atoms with Gasteiger partial charge in [0, 0.05) is 18.7 Å². The van der Waals surface area contributed by atoms with Crippen molar-refractivity contribution in [3.63, 3.8) is 0 Å². The van der Waals surface area contributed by atoms with Crippen LogP contribution in [0, 0.1) is 5.82 Å². The Labute approximate surface area is 136 Å². The molecule has 5 nitrogen and oxygen atoms in total. The second kappa shape index (κ2) is 5.77. The average molecular weight is 342 g/mol. The van der Waals surface area contributed by atoms with Crippen LogP contribution < -0.4 is 10.2 Å². The molecule has 2 N–H and O–H groups in total. The summed E-state index contributed by atoms with van der Waals surface area (Å²) in [4.78, 5) is 24.7. The molecule has 1 saturated heterocycles. The molecule has 0 atom stereocenters. The number of benzene rings is 1. The highest BCUT2D eigenvalue weighted by Crippen LogP contribution is 2.44. The van der Waals surface area contributed by atoms with Crippen LogP contribution in [0.25, 0.3) is 0 Å². The normalized spacial score (nSPS) is 20.0. The highest BCUT2D eigenvalue weighted by molar-refractivity contribution is 5.98. The third-order valence-corrected chi connectivity index (χ3v) is 4.62. The molecule has 0 radical (unpaired) electrons. The van der Waals surface area contributed by atoms with E-state index in [-0.39, 0.29) is 30.1 Å². The Kier molecular flexibility index (Phi) is 4.03. The molecular weight excluding hydrogens is 325 g/mol. The van der Waals surface area contributed by atoms with Gasteiger partial charge in [0.15, 0.2) is 0 Å². The maximum Gasteiger partial charge on any atom is 0.352 e. The number of nitrogens with one attached hydrogen (secondary N) is 1. The zero-order valence-corrected chi connectivity index (χ0v) is 12.8. The molecule has 1 heterocycles. The predicted octanol–water partition coefficient (Wildman–Crippen LogP) is 2.44. The van der Waals surface area contributed by atoms with E-state index in [1.807, 2.05) is 5.32 Å². The Morgan fingerprint density at radius 2 is 2.00 bits per heavy atom. The maximum absolute atomic E-state index is 14.2. The minimum absolute atomic E-state index is 0.0554. The van der Waals surface area contributed by atoms with Crippen LogP contribution in [0.4, 0.5) is 24.5 Å². The van der Waals surface area contributed by atoms with Crippen molar-refractivity contribution in [2.24, 2.45) is 0 Å². The van der Waals surface area contributed by atoms with Crippen LogP contribution in [0.5, 0.6) is 0 Å². The minimum atomic E-state index is -3.95. The van der Waals surface area contributed by atoms with E-state index in [9.17, 15) is 27.9 Å². The number of halogens is 3. The number of carbonyl (C=O) groups is 2. The molecule has 1 aromatic carbocycles. The van der Waals surface area contributed by atoms with Crippen molar-refractivity contribution in [1.82, 2.24) is 0 Å². The lowest BCUT2D eigenvalue weighted by Gasteiger charge is -2.41. The average Bonchev–Trinajstić information content (AvgIpc) is 2.90. The minimum Gasteiger partial charge on any atom is -0.383 e. The molecule has 24 heavy (non-hydrogen) atoms. The summed E-state index contributed by atoms with van der Waals surface area (Å²) in [5, 5.41) is 11.7. The van der Waals surface area contributed by atoms with E-state index in [2.05, 4.69) is 0 Å². The predicted molar refractivity (Wildman–Crippen MR) is 80.4 cm³/mol. The number of hydrogen-bond donors (Lipinski definition) is 2. The quantitative estimate of drug-likeness (QED) is 0.883. The van der Waals surface area contributed by atoms with Gasteiger partial charge in [0.1, 0.15) is 11.4 Å². The van der Waals surface area contributed by atoms with E-state index in [1.54, 1.807) is 0 Å². The summed E-state index contributed by atoms with van der Waals surface area (Å²) in [6.07, 6.45) is 1.08. The first kappa shape index (κ1) is 16.8. The van der Waals surface area contributed by atoms with Gasteiger partial charge in [0.05, 0.1) is 5.69 Å². The molecule has 0 bridgehead atoms. The molecule has 0 aromatic heterocycles. The first-order chi connectivity index (χ1) is 11.2. The van der Waals surface area contributed by atoms with Crippen LogP contribution in [0.2, 0.25) is 0 Å². The maximum atomic E-state index is 14.2. The van der Waals surface area contributed by atoms with Gasteiger partial charge in [-0.25, -0.2) is 4.39 Å². The summed E-state index contributed by atoms with van der Waals surface area (Å²) in [6, 6.07) is 3.41. The van der Waals surface area contributed by atoms with Crippen molar-refractivity contribution in [1.29, 1.82) is 0 Å². The van der Waals surface area contributed by atoms with Crippen molar-refractivity contribution in [3.8, 4) is 0 Å². The molecule has 1 aromatic rings. The largest absolute Gasteiger partial charge is 0.383 e. The van der Waals surface area contributed by atoms with Crippen LogP contribution in [0.3, 0.4) is 0 Å². The number of carbonyl (C=O) groups excluding carboxylic acids is 2. The number of alkyl halides is 2. The number of anilines is 2. The molecule has 1 aliphatic carbocycles. The first-order valence-electron chi connectivity index (χ1n) is 7.76. The third kappa shape index (κ3) is 2.64. The number of rotatable bonds is 4. The molecule has 8 heteroatoms. The lowest BCUT2D eigenvalue weighted by Crippen LogP contribution is -2.59. The van der Waals surface area contributed by atoms with Crippen molar-refractivity contribution < 1.29 is 27.9 Å². The monoisotopic (exact) mass is 342 g/mol. The SMILES string of the molecule is O=C1CCCN1c1ccc(NC(=O)C(F)(F)C2(O)CCC2)cc1F. The van der Waals surface area contributed by atoms with Crippen molar-refractivity contribution in [2.75, 3.05) is 16.8 Å². The van der Waals surface area contributed by atoms with Gasteiger partial charge in [-0.05, 0) is 43.9 Å². The van der Waals surface area contributed by atoms with E-state index >= 15 is 0 Å². The standard InChI is InChI=1S/C16H17F3N2O3/c17-11-9-10(4-5-12(11)21-8-1-3-13(21)22)20-14(23)16(18,19)15(24)6-2-7-15/h4-5,9,24H,1-3,6-8H2,(H,20,23). The number of amides is 2. The van der Waals surface area contributed by atoms with E-state index in [1.165, 1.54) is 17.0 Å². The fourth-order valence-electron chi connectivity index (χ4n) is 2.95. The topological polar surface area (TPSA) is 69.6 Å². The van der Waals surface area contributed by atoms with Crippen LogP contribution >= 0.6 is 0 Å². The Balaban J connectivity index is 1.75. The summed E-state index contributed by atoms with van der Waals surface area (Å²) in [5.41, 5.74) is -2.44. The highest BCUT2D eigenvalue weighted by Gasteiger charge is 2.61. The second-order valence-electron chi connectivity index (χ2n) is 6.23. The van der Waals surface area contributed by atoms with Crippen LogP contribution in [-0.2, 0) is 9.59 Å². The van der Waals surface area contributed by atoms with Gasteiger partial charge in [0.2, 0.25) is 5.91 Å². The Morgan fingerprint density at radius 1 is 1.29 bits per heavy atom. The van der Waals surface area contributed by atoms with Crippen molar-refractivity contribution in [3.05, 3.63) is 24.0 Å². The number of hydrogen-bond acceptors (Lipinski definition) is 3. The summed E-state index contributed by atoms with van der Waals surface area (Å²) in [7, 11) is 0. The number of aliphatic hydroxyl groups is 1. The molecule has 0 spiro atoms. The Morgan fingerprint density at radius 3 is 2.50 bits per heavy atom. The lowest BCUT2D eigenvalue weighted by molar-refractivity contribution is -0.212. The smallest absolute Gasteiger partial charge is 0.352 e. The van der Waals surface area contributed by atoms with Gasteiger partial charge in [-0.1, -0.05) is 0 Å². The van der Waals surface area contributed by atoms with Crippen LogP contribution in [0.15, 0.2) is 18.2 Å². The molecule has 1 aliphatic heterocycles. The fourth-order valence-corrected chi connectivity index (χ4v) is 2.95. The van der Waals surface area contributed by atoms with Gasteiger partial charge in [-0.2, -0.15) is 8.78 Å². The second-order valence-corrected chi connectivity index (χ2v) is 6.23. The fraction of sp³-hybridized carbons (Fsp3) is 0.500. The van der Waals surface area contributed by atoms with Gasteiger partial charge >= 0.3 is 5.92 Å². The van der Waals surface area contributed by atoms with E-state index in [4.69, 9.17) is 0 Å². The molecule has 2 amide bonds. The van der Waals surface area contributed by atoms with Crippen molar-refractivity contribution >= 4 is 23.2 Å². The van der Waals surface area contributed by atoms with Gasteiger partial charge in [0.25, 0.3) is 5.91 Å². The van der Waals surface area contributed by atoms with E-state index in [0.717, 1.165) is 6.07 Å². The summed E-state index contributed by atoms with van der Waals surface area (Å²) in [5.74, 6) is -6.61. The molecule has 2 aliphatic rings. The molecular formula is C16H17F3N2O3. The van der Waals surface area contributed by atoms with Crippen LogP contribution in [-0.4, -0.2) is 35.0 Å². The third-order valence-electron chi connectivity index (χ3n) is 4.62. The molecule has 1 saturated carbocycles. The lowest BCUT2D eigenvalue weighted by atomic mass is 9.75. The van der Waals surface area contributed by atoms with Gasteiger partial charge < -0.3 is 15.3 Å². The first-order valence-corrected chi connectivity index (χ1v) is 7.76. The molecule has 3 rings (SSSR count). The Hall–Kier alpha value is -2.09. The van der Waals surface area contributed by atoms with Gasteiger partial charge in [-0.15, -0.1) is 0 Å². The summed E-state index contributed by atoms with van der Waals surface area (Å²) in [6.45, 7) is 0.395. The van der Waals surface area contributed by atoms with Crippen LogP contribution in [0.1, 0.15) is 32.1 Å².